The zero-order valence-electron chi connectivity index (χ0n) is 9.88. The second-order valence-corrected chi connectivity index (χ2v) is 3.03. The van der Waals surface area contributed by atoms with Crippen molar-refractivity contribution in [2.24, 2.45) is 4.99 Å². The summed E-state index contributed by atoms with van der Waals surface area (Å²) in [7, 11) is 3.90. The highest BCUT2D eigenvalue weighted by Crippen LogP contribution is 2.19. The van der Waals surface area contributed by atoms with Gasteiger partial charge in [0.2, 0.25) is 0 Å². The lowest BCUT2D eigenvalue weighted by molar-refractivity contribution is 0.396. The monoisotopic (exact) mass is 194 g/mol. The third-order valence-corrected chi connectivity index (χ3v) is 2.16. The van der Waals surface area contributed by atoms with Gasteiger partial charge in [0.05, 0.1) is 0 Å². The van der Waals surface area contributed by atoms with Crippen molar-refractivity contribution in [1.29, 1.82) is 0 Å². The summed E-state index contributed by atoms with van der Waals surface area (Å²) < 4.78 is 0. The fourth-order valence-corrected chi connectivity index (χ4v) is 1.57. The molecule has 0 radical (unpaired) electrons. The third kappa shape index (κ3) is 3.36. The van der Waals surface area contributed by atoms with Crippen LogP contribution in [0.5, 0.6) is 0 Å². The molecule has 0 saturated carbocycles. The van der Waals surface area contributed by atoms with E-state index in [9.17, 15) is 0 Å². The molecule has 0 aliphatic carbocycles. The fourth-order valence-electron chi connectivity index (χ4n) is 1.57. The molecule has 0 atom stereocenters. The summed E-state index contributed by atoms with van der Waals surface area (Å²) >= 11 is 0. The molecular formula is C12H22N2. The minimum absolute atomic E-state index is 1.13. The van der Waals surface area contributed by atoms with Crippen LogP contribution in [-0.4, -0.2) is 31.8 Å². The van der Waals surface area contributed by atoms with E-state index >= 15 is 0 Å². The van der Waals surface area contributed by atoms with E-state index in [1.54, 1.807) is 0 Å². The summed E-state index contributed by atoms with van der Waals surface area (Å²) in [5.74, 6) is 0. The molecule has 1 aliphatic rings. The Morgan fingerprint density at radius 1 is 1.43 bits per heavy atom. The van der Waals surface area contributed by atoms with Crippen LogP contribution >= 0.6 is 0 Å². The van der Waals surface area contributed by atoms with Crippen molar-refractivity contribution < 1.29 is 0 Å². The van der Waals surface area contributed by atoms with Crippen LogP contribution in [0.4, 0.5) is 0 Å². The molecule has 1 aliphatic heterocycles. The molecule has 0 fully saturated rings. The first-order valence-corrected chi connectivity index (χ1v) is 5.28. The van der Waals surface area contributed by atoms with Gasteiger partial charge >= 0.3 is 0 Å². The largest absolute Gasteiger partial charge is 0.374 e. The summed E-state index contributed by atoms with van der Waals surface area (Å²) in [6.45, 7) is 8.93. The first kappa shape index (κ1) is 12.9. The Kier molecular flexibility index (Phi) is 6.81. The minimum Gasteiger partial charge on any atom is -0.374 e. The Balaban J connectivity index is 0.000000791. The van der Waals surface area contributed by atoms with Crippen LogP contribution in [0.25, 0.3) is 0 Å². The van der Waals surface area contributed by atoms with Crippen molar-refractivity contribution in [3.8, 4) is 0 Å². The van der Waals surface area contributed by atoms with Gasteiger partial charge < -0.3 is 4.90 Å². The van der Waals surface area contributed by atoms with E-state index in [-0.39, 0.29) is 0 Å². The van der Waals surface area contributed by atoms with Gasteiger partial charge in [-0.2, -0.15) is 0 Å². The van der Waals surface area contributed by atoms with Crippen molar-refractivity contribution >= 4 is 6.21 Å². The minimum atomic E-state index is 1.13. The summed E-state index contributed by atoms with van der Waals surface area (Å²) in [5, 5.41) is 0. The van der Waals surface area contributed by atoms with Gasteiger partial charge in [0.25, 0.3) is 0 Å². The number of rotatable bonds is 2. The predicted molar refractivity (Wildman–Crippen MR) is 64.9 cm³/mol. The highest BCUT2D eigenvalue weighted by Gasteiger charge is 2.12. The molecule has 2 nitrogen and oxygen atoms in total. The number of allylic oxidation sites excluding steroid dienone is 2. The Labute approximate surface area is 88.0 Å². The zero-order valence-corrected chi connectivity index (χ0v) is 9.88. The van der Waals surface area contributed by atoms with Crippen molar-refractivity contribution in [3.63, 3.8) is 0 Å². The van der Waals surface area contributed by atoms with E-state index in [0.717, 1.165) is 13.0 Å². The lowest BCUT2D eigenvalue weighted by Gasteiger charge is -2.27. The molecule has 1 rings (SSSR count). The molecule has 0 aromatic rings. The van der Waals surface area contributed by atoms with Crippen LogP contribution in [0.3, 0.4) is 0 Å². The van der Waals surface area contributed by atoms with E-state index in [2.05, 4.69) is 23.5 Å². The van der Waals surface area contributed by atoms with Crippen LogP contribution in [0.2, 0.25) is 0 Å². The summed E-state index contributed by atoms with van der Waals surface area (Å²) in [6.07, 6.45) is 6.20. The molecule has 2 heteroatoms. The second kappa shape index (κ2) is 7.36. The van der Waals surface area contributed by atoms with Crippen molar-refractivity contribution in [1.82, 2.24) is 4.90 Å². The van der Waals surface area contributed by atoms with Gasteiger partial charge in [-0.05, 0) is 24.5 Å². The number of hydrogen-bond acceptors (Lipinski definition) is 2. The van der Waals surface area contributed by atoms with E-state index in [1.807, 2.05) is 33.2 Å². The molecule has 0 unspecified atom stereocenters. The number of likely N-dealkylation sites (N-methyl/N-ethyl adjacent to an activating group) is 1. The smallest absolute Gasteiger partial charge is 0.0405 e. The SMILES string of the molecule is C=CC1=C(C=NC)CCCN1C.CC. The van der Waals surface area contributed by atoms with Gasteiger partial charge in [-0.15, -0.1) is 0 Å². The van der Waals surface area contributed by atoms with Crippen LogP contribution in [-0.2, 0) is 0 Å². The normalized spacial score (nSPS) is 16.7. The topological polar surface area (TPSA) is 15.6 Å². The maximum absolute atomic E-state index is 4.03. The van der Waals surface area contributed by atoms with E-state index in [0.29, 0.717) is 0 Å². The number of nitrogens with zero attached hydrogens (tertiary/aromatic N) is 2. The average Bonchev–Trinajstić information content (AvgIpc) is 2.22. The third-order valence-electron chi connectivity index (χ3n) is 2.16. The van der Waals surface area contributed by atoms with Gasteiger partial charge in [0.15, 0.2) is 0 Å². The maximum atomic E-state index is 4.03. The lowest BCUT2D eigenvalue weighted by atomic mass is 10.0. The molecule has 0 aromatic carbocycles. The van der Waals surface area contributed by atoms with Crippen LogP contribution in [0, 0.1) is 0 Å². The molecule has 1 heterocycles. The van der Waals surface area contributed by atoms with Gasteiger partial charge in [0.1, 0.15) is 0 Å². The van der Waals surface area contributed by atoms with E-state index < -0.39 is 0 Å². The molecular weight excluding hydrogens is 172 g/mol. The molecule has 0 aromatic heterocycles. The molecule has 0 amide bonds. The summed E-state index contributed by atoms with van der Waals surface area (Å²) in [4.78, 5) is 6.26. The highest BCUT2D eigenvalue weighted by atomic mass is 15.1. The van der Waals surface area contributed by atoms with Crippen molar-refractivity contribution in [3.05, 3.63) is 23.9 Å². The summed E-state index contributed by atoms with van der Waals surface area (Å²) in [6, 6.07) is 0. The van der Waals surface area contributed by atoms with Gasteiger partial charge in [-0.1, -0.05) is 20.4 Å². The fraction of sp³-hybridized carbons (Fsp3) is 0.583. The quantitative estimate of drug-likeness (QED) is 0.617. The first-order valence-electron chi connectivity index (χ1n) is 5.28. The Hall–Kier alpha value is -1.05. The Bertz CT molecular complexity index is 226. The molecule has 14 heavy (non-hydrogen) atoms. The van der Waals surface area contributed by atoms with Gasteiger partial charge in [-0.25, -0.2) is 0 Å². The van der Waals surface area contributed by atoms with Crippen LogP contribution < -0.4 is 0 Å². The van der Waals surface area contributed by atoms with Crippen LogP contribution in [0.1, 0.15) is 26.7 Å². The Morgan fingerprint density at radius 2 is 2.07 bits per heavy atom. The first-order chi connectivity index (χ1) is 6.79. The molecule has 0 spiro atoms. The van der Waals surface area contributed by atoms with E-state index in [1.165, 1.54) is 17.7 Å². The lowest BCUT2D eigenvalue weighted by Crippen LogP contribution is -2.24. The standard InChI is InChI=1S/C10H16N2.C2H6/c1-4-10-9(8-11-2)6-5-7-12(10)3;1-2/h4,8H,1,5-7H2,2-3H3;1-2H3. The number of hydrogen-bond donors (Lipinski definition) is 0. The number of aliphatic imine (C=N–C) groups is 1. The van der Waals surface area contributed by atoms with Crippen molar-refractivity contribution in [2.45, 2.75) is 26.7 Å². The summed E-state index contributed by atoms with van der Waals surface area (Å²) in [5.41, 5.74) is 2.54. The maximum Gasteiger partial charge on any atom is 0.0405 e. The Morgan fingerprint density at radius 3 is 2.57 bits per heavy atom. The highest BCUT2D eigenvalue weighted by molar-refractivity contribution is 5.80. The molecule has 0 saturated heterocycles. The average molecular weight is 194 g/mol. The van der Waals surface area contributed by atoms with E-state index in [4.69, 9.17) is 0 Å². The predicted octanol–water partition coefficient (Wildman–Crippen LogP) is 2.88. The van der Waals surface area contributed by atoms with Crippen molar-refractivity contribution in [2.75, 3.05) is 20.6 Å². The van der Waals surface area contributed by atoms with Gasteiger partial charge in [0, 0.05) is 32.6 Å². The molecule has 0 bridgehead atoms. The van der Waals surface area contributed by atoms with Crippen LogP contribution in [0.15, 0.2) is 28.9 Å². The molecule has 0 N–H and O–H groups in total. The second-order valence-electron chi connectivity index (χ2n) is 3.03. The van der Waals surface area contributed by atoms with Gasteiger partial charge in [-0.3, -0.25) is 4.99 Å². The molecule has 80 valence electrons. The zero-order chi connectivity index (χ0) is 11.0.